The summed E-state index contributed by atoms with van der Waals surface area (Å²) in [6.07, 6.45) is 10.1. The summed E-state index contributed by atoms with van der Waals surface area (Å²) in [4.78, 5) is 13.3. The van der Waals surface area contributed by atoms with E-state index in [2.05, 4.69) is 56.7 Å². The first-order valence-corrected chi connectivity index (χ1v) is 10.1. The second kappa shape index (κ2) is 8.43. The highest BCUT2D eigenvalue weighted by Crippen LogP contribution is 2.31. The number of hydrogen-bond acceptors (Lipinski definition) is 5. The molecule has 0 saturated heterocycles. The van der Waals surface area contributed by atoms with E-state index in [4.69, 9.17) is 4.74 Å². The summed E-state index contributed by atoms with van der Waals surface area (Å²) in [5, 5.41) is 3.51. The zero-order chi connectivity index (χ0) is 20.2. The molecule has 0 aliphatic carbocycles. The first kappa shape index (κ1) is 18.5. The molecule has 0 atom stereocenters. The summed E-state index contributed by atoms with van der Waals surface area (Å²) in [6, 6.07) is 18.7. The van der Waals surface area contributed by atoms with Gasteiger partial charge in [-0.15, -0.1) is 0 Å². The maximum atomic E-state index is 5.54. The molecule has 0 fully saturated rings. The van der Waals surface area contributed by atoms with Gasteiger partial charge in [0, 0.05) is 42.6 Å². The lowest BCUT2D eigenvalue weighted by atomic mass is 9.87. The van der Waals surface area contributed by atoms with E-state index in [0.29, 0.717) is 13.2 Å². The van der Waals surface area contributed by atoms with E-state index >= 15 is 0 Å². The average Bonchev–Trinajstić information content (AvgIpc) is 3.28. The minimum absolute atomic E-state index is 0.144. The zero-order valence-corrected chi connectivity index (χ0v) is 16.5. The molecule has 1 N–H and O–H groups in total. The first-order chi connectivity index (χ1) is 14.9. The van der Waals surface area contributed by atoms with Crippen LogP contribution in [0, 0.1) is 0 Å². The van der Waals surface area contributed by atoms with Crippen molar-refractivity contribution in [2.75, 3.05) is 5.32 Å². The molecule has 30 heavy (non-hydrogen) atoms. The number of anilines is 2. The van der Waals surface area contributed by atoms with Crippen LogP contribution in [0.1, 0.15) is 33.7 Å². The van der Waals surface area contributed by atoms with Crippen LogP contribution in [0.5, 0.6) is 0 Å². The highest BCUT2D eigenvalue weighted by molar-refractivity contribution is 5.61. The van der Waals surface area contributed by atoms with E-state index < -0.39 is 0 Å². The molecule has 1 aliphatic rings. The Hall–Kier alpha value is -3.57. The molecule has 148 valence electrons. The molecule has 5 heteroatoms. The third-order valence-corrected chi connectivity index (χ3v) is 5.47. The van der Waals surface area contributed by atoms with Crippen molar-refractivity contribution in [3.05, 3.63) is 113 Å². The van der Waals surface area contributed by atoms with E-state index in [9.17, 15) is 0 Å². The van der Waals surface area contributed by atoms with E-state index in [0.717, 1.165) is 34.6 Å². The maximum absolute atomic E-state index is 5.54. The van der Waals surface area contributed by atoms with Gasteiger partial charge in [-0.3, -0.25) is 9.97 Å². The van der Waals surface area contributed by atoms with Crippen LogP contribution in [0.2, 0.25) is 0 Å². The minimum Gasteiger partial charge on any atom is -0.372 e. The lowest BCUT2D eigenvalue weighted by Gasteiger charge is -2.19. The molecule has 0 spiro atoms. The van der Waals surface area contributed by atoms with Crippen LogP contribution in [0.4, 0.5) is 11.5 Å². The third-order valence-electron chi connectivity index (χ3n) is 5.47. The lowest BCUT2D eigenvalue weighted by Crippen LogP contribution is -2.08. The smallest absolute Gasteiger partial charge is 0.133 e. The van der Waals surface area contributed by atoms with Gasteiger partial charge in [-0.2, -0.15) is 0 Å². The highest BCUT2D eigenvalue weighted by Gasteiger charge is 2.18. The summed E-state index contributed by atoms with van der Waals surface area (Å²) in [7, 11) is 0. The van der Waals surface area contributed by atoms with Crippen LogP contribution in [-0.2, 0) is 24.4 Å². The van der Waals surface area contributed by atoms with Crippen molar-refractivity contribution in [3.63, 3.8) is 0 Å². The summed E-state index contributed by atoms with van der Waals surface area (Å²) >= 11 is 0. The average molecular weight is 394 g/mol. The van der Waals surface area contributed by atoms with Gasteiger partial charge in [0.2, 0.25) is 0 Å². The third kappa shape index (κ3) is 3.93. The molecule has 4 aromatic rings. The van der Waals surface area contributed by atoms with Crippen LogP contribution in [0.3, 0.4) is 0 Å². The summed E-state index contributed by atoms with van der Waals surface area (Å²) < 4.78 is 5.54. The number of benzene rings is 1. The van der Waals surface area contributed by atoms with E-state index in [-0.39, 0.29) is 5.92 Å². The van der Waals surface area contributed by atoms with Crippen molar-refractivity contribution in [1.29, 1.82) is 0 Å². The molecule has 5 nitrogen and oxygen atoms in total. The number of nitrogens with one attached hydrogen (secondary N) is 1. The van der Waals surface area contributed by atoms with E-state index in [1.54, 1.807) is 12.4 Å². The first-order valence-electron chi connectivity index (χ1n) is 10.1. The van der Waals surface area contributed by atoms with Gasteiger partial charge in [-0.25, -0.2) is 4.98 Å². The van der Waals surface area contributed by atoms with E-state index in [1.807, 2.05) is 36.8 Å². The fourth-order valence-corrected chi connectivity index (χ4v) is 3.91. The molecular weight excluding hydrogens is 372 g/mol. The van der Waals surface area contributed by atoms with E-state index in [1.165, 1.54) is 11.1 Å². The molecule has 0 radical (unpaired) electrons. The van der Waals surface area contributed by atoms with Gasteiger partial charge < -0.3 is 10.1 Å². The summed E-state index contributed by atoms with van der Waals surface area (Å²) in [5.41, 5.74) is 6.99. The van der Waals surface area contributed by atoms with Gasteiger partial charge in [-0.1, -0.05) is 24.3 Å². The number of nitrogens with zero attached hydrogens (tertiary/aromatic N) is 3. The lowest BCUT2D eigenvalue weighted by molar-refractivity contribution is 0.134. The van der Waals surface area contributed by atoms with Crippen molar-refractivity contribution in [3.8, 4) is 0 Å². The summed E-state index contributed by atoms with van der Waals surface area (Å²) in [6.45, 7) is 1.37. The van der Waals surface area contributed by atoms with Gasteiger partial charge in [0.1, 0.15) is 5.82 Å². The molecule has 5 rings (SSSR count). The number of rotatable bonds is 6. The monoisotopic (exact) mass is 394 g/mol. The Kier molecular flexibility index (Phi) is 5.19. The van der Waals surface area contributed by atoms with Crippen molar-refractivity contribution in [2.24, 2.45) is 0 Å². The van der Waals surface area contributed by atoms with Crippen molar-refractivity contribution in [1.82, 2.24) is 15.0 Å². The number of aromatic nitrogens is 3. The van der Waals surface area contributed by atoms with Crippen LogP contribution in [0.15, 0.2) is 85.6 Å². The Morgan fingerprint density at radius 1 is 0.833 bits per heavy atom. The molecule has 0 saturated carbocycles. The van der Waals surface area contributed by atoms with Gasteiger partial charge in [-0.05, 0) is 64.6 Å². The summed E-state index contributed by atoms with van der Waals surface area (Å²) in [5.74, 6) is 1.01. The quantitative estimate of drug-likeness (QED) is 0.498. The number of hydrogen-bond donors (Lipinski definition) is 1. The standard InChI is InChI=1S/C25H22N4O/c1-5-19(14-26-9-1)24(20-6-2-10-27-15-20)13-18-4-3-11-28-25(18)29-23-8-7-21-16-30-17-22(21)12-23/h1-12,14-15,24H,13,16-17H2,(H,28,29). The SMILES string of the molecule is c1cncc(C(Cc2cccnc2Nc2ccc3c(c2)COC3)c2cccnc2)c1. The van der Waals surface area contributed by atoms with Crippen molar-refractivity contribution in [2.45, 2.75) is 25.6 Å². The van der Waals surface area contributed by atoms with Crippen molar-refractivity contribution < 1.29 is 4.74 Å². The van der Waals surface area contributed by atoms with Crippen molar-refractivity contribution >= 4 is 11.5 Å². The minimum atomic E-state index is 0.144. The van der Waals surface area contributed by atoms with Crippen LogP contribution < -0.4 is 5.32 Å². The predicted molar refractivity (Wildman–Crippen MR) is 116 cm³/mol. The normalized spacial score (nSPS) is 12.7. The number of ether oxygens (including phenoxy) is 1. The molecule has 3 aromatic heterocycles. The zero-order valence-electron chi connectivity index (χ0n) is 16.5. The Balaban J connectivity index is 1.46. The van der Waals surface area contributed by atoms with Gasteiger partial charge >= 0.3 is 0 Å². The Morgan fingerprint density at radius 2 is 1.57 bits per heavy atom. The molecule has 1 aliphatic heterocycles. The second-order valence-corrected chi connectivity index (χ2v) is 7.44. The van der Waals surface area contributed by atoms with Crippen LogP contribution >= 0.6 is 0 Å². The Labute approximate surface area is 175 Å². The molecule has 1 aromatic carbocycles. The fraction of sp³-hybridized carbons (Fsp3) is 0.160. The maximum Gasteiger partial charge on any atom is 0.133 e. The molecule has 0 unspecified atom stereocenters. The number of fused-ring (bicyclic) bond motifs is 1. The fourth-order valence-electron chi connectivity index (χ4n) is 3.91. The second-order valence-electron chi connectivity index (χ2n) is 7.44. The molecular formula is C25H22N4O. The molecule has 0 bridgehead atoms. The highest BCUT2D eigenvalue weighted by atomic mass is 16.5. The Morgan fingerprint density at radius 3 is 2.30 bits per heavy atom. The molecule has 0 amide bonds. The Bertz CT molecular complexity index is 1090. The largest absolute Gasteiger partial charge is 0.372 e. The van der Waals surface area contributed by atoms with Crippen LogP contribution in [-0.4, -0.2) is 15.0 Å². The van der Waals surface area contributed by atoms with Gasteiger partial charge in [0.15, 0.2) is 0 Å². The van der Waals surface area contributed by atoms with Gasteiger partial charge in [0.25, 0.3) is 0 Å². The molecule has 4 heterocycles. The number of pyridine rings is 3. The van der Waals surface area contributed by atoms with Crippen LogP contribution in [0.25, 0.3) is 0 Å². The predicted octanol–water partition coefficient (Wildman–Crippen LogP) is 5.02. The van der Waals surface area contributed by atoms with Gasteiger partial charge in [0.05, 0.1) is 13.2 Å². The topological polar surface area (TPSA) is 59.9 Å².